The van der Waals surface area contributed by atoms with Crippen LogP contribution in [0.1, 0.15) is 32.8 Å². The SMILES string of the molecule is COC(=O)[C@H](Cc1ccc(OCCN(Cc2ccccc2)C(=O)C=Cc2ccco2)cc1)Nc1ccccc1C(=O)c1ccccc1. The van der Waals surface area contributed by atoms with Gasteiger partial charge in [-0.05, 0) is 53.6 Å². The van der Waals surface area contributed by atoms with Crippen LogP contribution in [-0.4, -0.2) is 48.9 Å². The largest absolute Gasteiger partial charge is 0.492 e. The molecule has 47 heavy (non-hydrogen) atoms. The molecule has 0 radical (unpaired) electrons. The number of furan rings is 1. The summed E-state index contributed by atoms with van der Waals surface area (Å²) >= 11 is 0. The van der Waals surface area contributed by atoms with Crippen LogP contribution in [0, 0.1) is 0 Å². The van der Waals surface area contributed by atoms with E-state index in [0.29, 0.717) is 47.8 Å². The summed E-state index contributed by atoms with van der Waals surface area (Å²) in [5.41, 5.74) is 3.45. The van der Waals surface area contributed by atoms with Gasteiger partial charge < -0.3 is 24.1 Å². The van der Waals surface area contributed by atoms with Crippen LogP contribution in [-0.2, 0) is 27.3 Å². The van der Waals surface area contributed by atoms with E-state index in [1.165, 1.54) is 13.2 Å². The van der Waals surface area contributed by atoms with Gasteiger partial charge in [0.05, 0.1) is 19.9 Å². The number of carbonyl (C=O) groups is 3. The highest BCUT2D eigenvalue weighted by atomic mass is 16.5. The summed E-state index contributed by atoms with van der Waals surface area (Å²) in [5, 5.41) is 3.23. The Kier molecular flexibility index (Phi) is 11.4. The Bertz CT molecular complexity index is 1770. The lowest BCUT2D eigenvalue weighted by atomic mass is 10.00. The van der Waals surface area contributed by atoms with Crippen molar-refractivity contribution in [2.45, 2.75) is 19.0 Å². The van der Waals surface area contributed by atoms with Crippen molar-refractivity contribution < 1.29 is 28.3 Å². The van der Waals surface area contributed by atoms with Gasteiger partial charge in [0, 0.05) is 35.9 Å². The number of methoxy groups -OCH3 is 1. The van der Waals surface area contributed by atoms with E-state index in [2.05, 4.69) is 5.32 Å². The molecule has 8 nitrogen and oxygen atoms in total. The number of ether oxygens (including phenoxy) is 2. The lowest BCUT2D eigenvalue weighted by molar-refractivity contribution is -0.141. The molecule has 0 aliphatic heterocycles. The van der Waals surface area contributed by atoms with Crippen LogP contribution in [0.5, 0.6) is 5.75 Å². The first kappa shape index (κ1) is 32.5. The second-order valence-corrected chi connectivity index (χ2v) is 10.8. The zero-order chi connectivity index (χ0) is 32.8. The molecule has 8 heteroatoms. The standard InChI is InChI=1S/C39H36N2O6/c1-45-39(44)36(40-35-17-9-8-16-34(35)38(43)31-13-6-3-7-14-31)27-29-18-20-33(21-19-29)47-26-24-41(28-30-11-4-2-5-12-30)37(42)23-22-32-15-10-25-46-32/h2-23,25,36,40H,24,26-28H2,1H3/t36-/m0/s1. The van der Waals surface area contributed by atoms with Gasteiger partial charge in [-0.15, -0.1) is 0 Å². The van der Waals surface area contributed by atoms with Crippen LogP contribution in [0.4, 0.5) is 5.69 Å². The third kappa shape index (κ3) is 9.31. The molecule has 0 unspecified atom stereocenters. The van der Waals surface area contributed by atoms with E-state index in [4.69, 9.17) is 13.9 Å². The van der Waals surface area contributed by atoms with E-state index < -0.39 is 12.0 Å². The summed E-state index contributed by atoms with van der Waals surface area (Å²) in [5.74, 6) is 0.489. The first-order valence-electron chi connectivity index (χ1n) is 15.3. The molecule has 1 aromatic heterocycles. The number of hydrogen-bond donors (Lipinski definition) is 1. The maximum atomic E-state index is 13.2. The summed E-state index contributed by atoms with van der Waals surface area (Å²) in [6.45, 7) is 1.09. The normalized spacial score (nSPS) is 11.5. The number of nitrogens with one attached hydrogen (secondary N) is 1. The van der Waals surface area contributed by atoms with Crippen molar-refractivity contribution in [1.82, 2.24) is 4.90 Å². The van der Waals surface area contributed by atoms with Gasteiger partial charge in [-0.1, -0.05) is 84.9 Å². The van der Waals surface area contributed by atoms with E-state index >= 15 is 0 Å². The van der Waals surface area contributed by atoms with E-state index in [1.807, 2.05) is 78.9 Å². The van der Waals surface area contributed by atoms with E-state index in [-0.39, 0.29) is 18.3 Å². The number of benzene rings is 4. The van der Waals surface area contributed by atoms with Gasteiger partial charge in [0.15, 0.2) is 5.78 Å². The van der Waals surface area contributed by atoms with Crippen molar-refractivity contribution in [2.75, 3.05) is 25.6 Å². The van der Waals surface area contributed by atoms with E-state index in [1.54, 1.807) is 59.7 Å². The fourth-order valence-electron chi connectivity index (χ4n) is 5.02. The minimum absolute atomic E-state index is 0.142. The zero-order valence-corrected chi connectivity index (χ0v) is 26.1. The highest BCUT2D eigenvalue weighted by Gasteiger charge is 2.23. The molecule has 0 fully saturated rings. The summed E-state index contributed by atoms with van der Waals surface area (Å²) in [6, 6.07) is 36.2. The van der Waals surface area contributed by atoms with Crippen molar-refractivity contribution in [3.05, 3.63) is 162 Å². The van der Waals surface area contributed by atoms with Crippen molar-refractivity contribution in [3.8, 4) is 5.75 Å². The number of para-hydroxylation sites is 1. The number of carbonyl (C=O) groups excluding carboxylic acids is 3. The van der Waals surface area contributed by atoms with Crippen LogP contribution >= 0.6 is 0 Å². The number of rotatable bonds is 15. The Hall–Kier alpha value is -5.89. The highest BCUT2D eigenvalue weighted by molar-refractivity contribution is 6.12. The molecular weight excluding hydrogens is 592 g/mol. The maximum Gasteiger partial charge on any atom is 0.328 e. The quantitative estimate of drug-likeness (QED) is 0.0771. The highest BCUT2D eigenvalue weighted by Crippen LogP contribution is 2.22. The Labute approximate surface area is 274 Å². The number of amides is 1. The average molecular weight is 629 g/mol. The Morgan fingerprint density at radius 2 is 1.51 bits per heavy atom. The third-order valence-corrected chi connectivity index (χ3v) is 7.48. The van der Waals surface area contributed by atoms with Gasteiger partial charge in [-0.25, -0.2) is 4.79 Å². The van der Waals surface area contributed by atoms with Crippen molar-refractivity contribution >= 4 is 29.4 Å². The lowest BCUT2D eigenvalue weighted by Crippen LogP contribution is -2.33. The summed E-state index contributed by atoms with van der Waals surface area (Å²) in [4.78, 5) is 40.8. The third-order valence-electron chi connectivity index (χ3n) is 7.48. The first-order chi connectivity index (χ1) is 23.0. The van der Waals surface area contributed by atoms with Crippen LogP contribution in [0.25, 0.3) is 6.08 Å². The number of nitrogens with zero attached hydrogens (tertiary/aromatic N) is 1. The summed E-state index contributed by atoms with van der Waals surface area (Å²) in [6.07, 6.45) is 5.03. The Morgan fingerprint density at radius 1 is 0.809 bits per heavy atom. The Morgan fingerprint density at radius 3 is 2.21 bits per heavy atom. The van der Waals surface area contributed by atoms with Crippen LogP contribution in [0.2, 0.25) is 0 Å². The molecule has 0 spiro atoms. The molecule has 0 aliphatic carbocycles. The van der Waals surface area contributed by atoms with Gasteiger partial charge >= 0.3 is 5.97 Å². The topological polar surface area (TPSA) is 98.1 Å². The lowest BCUT2D eigenvalue weighted by Gasteiger charge is -2.22. The van der Waals surface area contributed by atoms with Gasteiger partial charge in [0.25, 0.3) is 0 Å². The fourth-order valence-corrected chi connectivity index (χ4v) is 5.02. The molecule has 0 saturated carbocycles. The summed E-state index contributed by atoms with van der Waals surface area (Å²) in [7, 11) is 1.34. The molecule has 0 aliphatic rings. The van der Waals surface area contributed by atoms with Crippen molar-refractivity contribution in [3.63, 3.8) is 0 Å². The molecule has 238 valence electrons. The molecule has 1 heterocycles. The molecule has 4 aromatic carbocycles. The van der Waals surface area contributed by atoms with Crippen LogP contribution in [0.3, 0.4) is 0 Å². The number of anilines is 1. The predicted octanol–water partition coefficient (Wildman–Crippen LogP) is 6.83. The predicted molar refractivity (Wildman–Crippen MR) is 181 cm³/mol. The van der Waals surface area contributed by atoms with E-state index in [0.717, 1.165) is 11.1 Å². The minimum Gasteiger partial charge on any atom is -0.492 e. The van der Waals surface area contributed by atoms with Crippen molar-refractivity contribution in [2.24, 2.45) is 0 Å². The van der Waals surface area contributed by atoms with Crippen molar-refractivity contribution in [1.29, 1.82) is 0 Å². The number of hydrogen-bond acceptors (Lipinski definition) is 7. The average Bonchev–Trinajstić information content (AvgIpc) is 3.65. The second-order valence-electron chi connectivity index (χ2n) is 10.8. The summed E-state index contributed by atoms with van der Waals surface area (Å²) < 4.78 is 16.4. The monoisotopic (exact) mass is 628 g/mol. The van der Waals surface area contributed by atoms with E-state index in [9.17, 15) is 14.4 Å². The maximum absolute atomic E-state index is 13.2. The molecular formula is C39H36N2O6. The van der Waals surface area contributed by atoms with Gasteiger partial charge in [0.2, 0.25) is 5.91 Å². The smallest absolute Gasteiger partial charge is 0.328 e. The van der Waals surface area contributed by atoms with Crippen LogP contribution < -0.4 is 10.1 Å². The molecule has 1 N–H and O–H groups in total. The molecule has 0 bridgehead atoms. The zero-order valence-electron chi connectivity index (χ0n) is 26.1. The second kappa shape index (κ2) is 16.4. The van der Waals surface area contributed by atoms with Gasteiger partial charge in [-0.3, -0.25) is 9.59 Å². The van der Waals surface area contributed by atoms with Gasteiger partial charge in [-0.2, -0.15) is 0 Å². The minimum atomic E-state index is -0.733. The first-order valence-corrected chi connectivity index (χ1v) is 15.3. The molecule has 1 amide bonds. The Balaban J connectivity index is 1.21. The molecule has 5 rings (SSSR count). The molecule has 1 atom stereocenters. The molecule has 5 aromatic rings. The van der Waals surface area contributed by atoms with Crippen LogP contribution in [0.15, 0.2) is 138 Å². The van der Waals surface area contributed by atoms with Gasteiger partial charge in [0.1, 0.15) is 24.2 Å². The molecule has 0 saturated heterocycles. The number of esters is 1. The fraction of sp³-hybridized carbons (Fsp3) is 0.154. The number of ketones is 1.